The maximum Gasteiger partial charge on any atom is 0.343 e. The zero-order valence-corrected chi connectivity index (χ0v) is 7.57. The number of rotatable bonds is 2. The fourth-order valence-corrected chi connectivity index (χ4v) is 1.07. The van der Waals surface area contributed by atoms with E-state index in [0.29, 0.717) is 5.71 Å². The Morgan fingerprint density at radius 2 is 2.17 bits per heavy atom. The average Bonchev–Trinajstić information content (AvgIpc) is 2.32. The van der Waals surface area contributed by atoms with Crippen molar-refractivity contribution in [2.24, 2.45) is 22.7 Å². The van der Waals surface area contributed by atoms with Gasteiger partial charge < -0.3 is 10.6 Å². The van der Waals surface area contributed by atoms with Gasteiger partial charge in [0.2, 0.25) is 0 Å². The van der Waals surface area contributed by atoms with Crippen LogP contribution in [0.25, 0.3) is 0 Å². The molecule has 1 aliphatic rings. The van der Waals surface area contributed by atoms with Crippen LogP contribution >= 0.6 is 0 Å². The van der Waals surface area contributed by atoms with E-state index in [4.69, 9.17) is 5.73 Å². The Hall–Kier alpha value is -0.900. The number of carbonyl (C=O) groups is 1. The molecule has 0 aromatic rings. The molecule has 0 bridgehead atoms. The van der Waals surface area contributed by atoms with Gasteiger partial charge in [0.25, 0.3) is 0 Å². The lowest BCUT2D eigenvalue weighted by Crippen LogP contribution is -2.38. The van der Waals surface area contributed by atoms with E-state index in [9.17, 15) is 4.79 Å². The molecule has 2 N–H and O–H groups in total. The van der Waals surface area contributed by atoms with Crippen molar-refractivity contribution in [3.8, 4) is 0 Å². The molecule has 0 spiro atoms. The molecule has 0 radical (unpaired) electrons. The van der Waals surface area contributed by atoms with E-state index in [1.165, 1.54) is 0 Å². The summed E-state index contributed by atoms with van der Waals surface area (Å²) in [5, 5.41) is 3.66. The lowest BCUT2D eigenvalue weighted by Gasteiger charge is -2.15. The summed E-state index contributed by atoms with van der Waals surface area (Å²) in [7, 11) is 0. The van der Waals surface area contributed by atoms with Crippen LogP contribution in [0.3, 0.4) is 0 Å². The monoisotopic (exact) mass is 170 g/mol. The number of hydrogen-bond acceptors (Lipinski definition) is 4. The van der Waals surface area contributed by atoms with E-state index < -0.39 is 0 Å². The van der Waals surface area contributed by atoms with E-state index in [1.807, 2.05) is 13.8 Å². The topological polar surface area (TPSA) is 64.7 Å². The van der Waals surface area contributed by atoms with Gasteiger partial charge in [-0.05, 0) is 12.8 Å². The van der Waals surface area contributed by atoms with E-state index in [0.717, 1.165) is 0 Å². The van der Waals surface area contributed by atoms with Crippen LogP contribution in [0, 0.1) is 11.8 Å². The van der Waals surface area contributed by atoms with Crippen molar-refractivity contribution in [1.82, 2.24) is 0 Å². The summed E-state index contributed by atoms with van der Waals surface area (Å²) < 4.78 is 0. The van der Waals surface area contributed by atoms with Gasteiger partial charge in [-0.2, -0.15) is 0 Å². The van der Waals surface area contributed by atoms with Crippen LogP contribution in [0.5, 0.6) is 0 Å². The molecule has 0 saturated carbocycles. The molecule has 0 fully saturated rings. The SMILES string of the molecule is CC1C(=O)ON=C1[C@@H](N)C(C)C. The fourth-order valence-electron chi connectivity index (χ4n) is 1.07. The Bertz CT molecular complexity index is 223. The molecular formula is C8H14N2O2. The summed E-state index contributed by atoms with van der Waals surface area (Å²) >= 11 is 0. The first kappa shape index (κ1) is 9.19. The highest BCUT2D eigenvalue weighted by atomic mass is 16.7. The Labute approximate surface area is 71.8 Å². The number of hydrogen-bond donors (Lipinski definition) is 1. The van der Waals surface area contributed by atoms with Crippen LogP contribution in [0.2, 0.25) is 0 Å². The Morgan fingerprint density at radius 1 is 1.58 bits per heavy atom. The van der Waals surface area contributed by atoms with Gasteiger partial charge in [0.05, 0.1) is 11.6 Å². The van der Waals surface area contributed by atoms with Crippen LogP contribution < -0.4 is 5.73 Å². The van der Waals surface area contributed by atoms with Gasteiger partial charge >= 0.3 is 5.97 Å². The highest BCUT2D eigenvalue weighted by Crippen LogP contribution is 2.16. The summed E-state index contributed by atoms with van der Waals surface area (Å²) in [6.07, 6.45) is 0. The summed E-state index contributed by atoms with van der Waals surface area (Å²) in [5.41, 5.74) is 6.47. The summed E-state index contributed by atoms with van der Waals surface area (Å²) in [6.45, 7) is 5.74. The summed E-state index contributed by atoms with van der Waals surface area (Å²) in [6, 6.07) is -0.175. The Kier molecular flexibility index (Phi) is 2.47. The van der Waals surface area contributed by atoms with Crippen molar-refractivity contribution in [3.63, 3.8) is 0 Å². The zero-order chi connectivity index (χ0) is 9.30. The molecule has 1 aliphatic heterocycles. The minimum absolute atomic E-state index is 0.175. The van der Waals surface area contributed by atoms with Crippen molar-refractivity contribution in [2.45, 2.75) is 26.8 Å². The number of nitrogens with two attached hydrogens (primary N) is 1. The molecular weight excluding hydrogens is 156 g/mol. The van der Waals surface area contributed by atoms with Gasteiger partial charge in [-0.25, -0.2) is 4.79 Å². The van der Waals surface area contributed by atoms with Crippen LogP contribution in [0.1, 0.15) is 20.8 Å². The van der Waals surface area contributed by atoms with Gasteiger partial charge in [-0.1, -0.05) is 19.0 Å². The molecule has 1 heterocycles. The normalized spacial score (nSPS) is 25.6. The van der Waals surface area contributed by atoms with Gasteiger partial charge in [0.1, 0.15) is 0 Å². The molecule has 0 aromatic carbocycles. The highest BCUT2D eigenvalue weighted by molar-refractivity contribution is 6.07. The Morgan fingerprint density at radius 3 is 2.50 bits per heavy atom. The van der Waals surface area contributed by atoms with Crippen molar-refractivity contribution >= 4 is 11.7 Å². The largest absolute Gasteiger partial charge is 0.343 e. The first-order valence-corrected chi connectivity index (χ1v) is 4.08. The molecule has 4 nitrogen and oxygen atoms in total. The molecule has 1 unspecified atom stereocenters. The number of carbonyl (C=O) groups excluding carboxylic acids is 1. The third-order valence-electron chi connectivity index (χ3n) is 2.10. The van der Waals surface area contributed by atoms with Crippen molar-refractivity contribution in [2.75, 3.05) is 0 Å². The maximum atomic E-state index is 10.9. The van der Waals surface area contributed by atoms with E-state index >= 15 is 0 Å². The minimum Gasteiger partial charge on any atom is -0.323 e. The second-order valence-electron chi connectivity index (χ2n) is 3.42. The number of oxime groups is 1. The average molecular weight is 170 g/mol. The van der Waals surface area contributed by atoms with Crippen LogP contribution in [0.15, 0.2) is 5.16 Å². The molecule has 1 rings (SSSR count). The van der Waals surface area contributed by atoms with E-state index in [2.05, 4.69) is 9.99 Å². The lowest BCUT2D eigenvalue weighted by molar-refractivity contribution is -0.142. The van der Waals surface area contributed by atoms with Crippen molar-refractivity contribution in [3.05, 3.63) is 0 Å². The first-order valence-electron chi connectivity index (χ1n) is 4.08. The van der Waals surface area contributed by atoms with Crippen LogP contribution in [-0.4, -0.2) is 17.7 Å². The molecule has 0 aliphatic carbocycles. The third-order valence-corrected chi connectivity index (χ3v) is 2.10. The fraction of sp³-hybridized carbons (Fsp3) is 0.750. The highest BCUT2D eigenvalue weighted by Gasteiger charge is 2.33. The third kappa shape index (κ3) is 1.48. The molecule has 4 heteroatoms. The van der Waals surface area contributed by atoms with Gasteiger partial charge in [-0.3, -0.25) is 0 Å². The maximum absolute atomic E-state index is 10.9. The van der Waals surface area contributed by atoms with Crippen molar-refractivity contribution < 1.29 is 9.63 Å². The second kappa shape index (κ2) is 3.23. The smallest absolute Gasteiger partial charge is 0.323 e. The van der Waals surface area contributed by atoms with Crippen LogP contribution in [0.4, 0.5) is 0 Å². The minimum atomic E-state index is -0.305. The standard InChI is InChI=1S/C8H14N2O2/c1-4(2)6(9)7-5(3)8(11)12-10-7/h4-6H,9H2,1-3H3/t5?,6-/m0/s1. The molecule has 12 heavy (non-hydrogen) atoms. The second-order valence-corrected chi connectivity index (χ2v) is 3.42. The van der Waals surface area contributed by atoms with Crippen molar-refractivity contribution in [1.29, 1.82) is 0 Å². The quantitative estimate of drug-likeness (QED) is 0.614. The van der Waals surface area contributed by atoms with E-state index in [1.54, 1.807) is 6.92 Å². The predicted molar refractivity (Wildman–Crippen MR) is 45.5 cm³/mol. The molecule has 0 saturated heterocycles. The van der Waals surface area contributed by atoms with Gasteiger partial charge in [0, 0.05) is 6.04 Å². The lowest BCUT2D eigenvalue weighted by atomic mass is 9.93. The number of nitrogens with zero attached hydrogens (tertiary/aromatic N) is 1. The molecule has 68 valence electrons. The van der Waals surface area contributed by atoms with Gasteiger partial charge in [0.15, 0.2) is 0 Å². The van der Waals surface area contributed by atoms with Gasteiger partial charge in [-0.15, -0.1) is 0 Å². The summed E-state index contributed by atoms with van der Waals surface area (Å²) in [5.74, 6) is -0.302. The first-order chi connectivity index (χ1) is 5.54. The molecule has 0 amide bonds. The molecule has 2 atom stereocenters. The Balaban J connectivity index is 2.71. The molecule has 0 aromatic heterocycles. The summed E-state index contributed by atoms with van der Waals surface area (Å²) in [4.78, 5) is 15.4. The van der Waals surface area contributed by atoms with E-state index in [-0.39, 0.29) is 23.8 Å². The van der Waals surface area contributed by atoms with Crippen LogP contribution in [-0.2, 0) is 9.63 Å². The zero-order valence-electron chi connectivity index (χ0n) is 7.57. The predicted octanol–water partition coefficient (Wildman–Crippen LogP) is 0.519.